The second kappa shape index (κ2) is 6.37. The minimum Gasteiger partial charge on any atom is -0.365 e. The minimum absolute atomic E-state index is 0.0451. The van der Waals surface area contributed by atoms with E-state index in [0.717, 1.165) is 50.4 Å². The number of likely N-dealkylation sites (tertiary alicyclic amines) is 1. The predicted molar refractivity (Wildman–Crippen MR) is 79.8 cm³/mol. The van der Waals surface area contributed by atoms with Crippen molar-refractivity contribution in [3.05, 3.63) is 23.9 Å². The molecule has 0 bridgehead atoms. The Morgan fingerprint density at radius 1 is 1.26 bits per heavy atom. The van der Waals surface area contributed by atoms with E-state index in [1.54, 1.807) is 0 Å². The molecule has 2 aliphatic rings. The number of nitrogens with one attached hydrogen (secondary N) is 1. The first-order valence-corrected chi connectivity index (χ1v) is 8.02. The molecule has 1 saturated heterocycles. The Morgan fingerprint density at radius 3 is 2.70 bits per heavy atom. The number of rotatable bonds is 3. The molecule has 126 valence electrons. The molecule has 1 N–H and O–H groups in total. The van der Waals surface area contributed by atoms with E-state index in [0.29, 0.717) is 13.1 Å². The molecule has 1 aromatic heterocycles. The fraction of sp³-hybridized carbons (Fsp3) is 0.625. The molecule has 3 rings (SSSR count). The molecular formula is C16H20F3N3O. The highest BCUT2D eigenvalue weighted by Gasteiger charge is 2.33. The average molecular weight is 327 g/mol. The molecule has 0 spiro atoms. The van der Waals surface area contributed by atoms with Crippen molar-refractivity contribution >= 4 is 11.7 Å². The molecule has 1 unspecified atom stereocenters. The molecule has 1 atom stereocenters. The third-order valence-corrected chi connectivity index (χ3v) is 4.64. The van der Waals surface area contributed by atoms with E-state index >= 15 is 0 Å². The topological polar surface area (TPSA) is 45.2 Å². The highest BCUT2D eigenvalue weighted by atomic mass is 19.4. The quantitative estimate of drug-likeness (QED) is 0.926. The van der Waals surface area contributed by atoms with Crippen LogP contribution in [0.3, 0.4) is 0 Å². The molecule has 1 aromatic rings. The summed E-state index contributed by atoms with van der Waals surface area (Å²) in [5.41, 5.74) is -0.716. The fourth-order valence-electron chi connectivity index (χ4n) is 3.40. The van der Waals surface area contributed by atoms with E-state index in [1.165, 1.54) is 0 Å². The summed E-state index contributed by atoms with van der Waals surface area (Å²) in [6.45, 7) is 1.19. The van der Waals surface area contributed by atoms with Crippen molar-refractivity contribution < 1.29 is 18.0 Å². The van der Waals surface area contributed by atoms with Gasteiger partial charge in [0.15, 0.2) is 0 Å². The van der Waals surface area contributed by atoms with E-state index in [2.05, 4.69) is 10.3 Å². The van der Waals surface area contributed by atoms with Gasteiger partial charge in [-0.1, -0.05) is 12.8 Å². The van der Waals surface area contributed by atoms with Crippen LogP contribution >= 0.6 is 0 Å². The van der Waals surface area contributed by atoms with Gasteiger partial charge in [0.05, 0.1) is 5.56 Å². The van der Waals surface area contributed by atoms with Crippen molar-refractivity contribution in [1.29, 1.82) is 0 Å². The Kier molecular flexibility index (Phi) is 4.46. The number of amides is 1. The van der Waals surface area contributed by atoms with Gasteiger partial charge < -0.3 is 10.2 Å². The third-order valence-electron chi connectivity index (χ3n) is 4.64. The number of carbonyl (C=O) groups excluding carboxylic acids is 1. The molecule has 1 aliphatic carbocycles. The van der Waals surface area contributed by atoms with Gasteiger partial charge in [-0.3, -0.25) is 4.79 Å². The van der Waals surface area contributed by atoms with Gasteiger partial charge >= 0.3 is 6.18 Å². The predicted octanol–water partition coefficient (Wildman–Crippen LogP) is 3.30. The van der Waals surface area contributed by atoms with Crippen LogP contribution in [0.2, 0.25) is 0 Å². The molecule has 0 radical (unpaired) electrons. The van der Waals surface area contributed by atoms with Crippen molar-refractivity contribution in [2.24, 2.45) is 5.92 Å². The summed E-state index contributed by atoms with van der Waals surface area (Å²) >= 11 is 0. The van der Waals surface area contributed by atoms with E-state index < -0.39 is 11.7 Å². The van der Waals surface area contributed by atoms with E-state index in [1.807, 2.05) is 4.90 Å². The van der Waals surface area contributed by atoms with Crippen LogP contribution in [0.1, 0.15) is 37.7 Å². The highest BCUT2D eigenvalue weighted by Crippen LogP contribution is 2.31. The Morgan fingerprint density at radius 2 is 2.00 bits per heavy atom. The van der Waals surface area contributed by atoms with Gasteiger partial charge in [-0.05, 0) is 31.4 Å². The molecule has 4 nitrogen and oxygen atoms in total. The minimum atomic E-state index is -4.38. The maximum absolute atomic E-state index is 12.7. The lowest BCUT2D eigenvalue weighted by molar-refractivity contribution is -0.137. The number of halogens is 3. The lowest BCUT2D eigenvalue weighted by atomic mass is 10.1. The number of anilines is 1. The second-order valence-electron chi connectivity index (χ2n) is 6.32. The first-order valence-electron chi connectivity index (χ1n) is 8.02. The molecular weight excluding hydrogens is 307 g/mol. The zero-order valence-electron chi connectivity index (χ0n) is 12.8. The van der Waals surface area contributed by atoms with E-state index in [9.17, 15) is 18.0 Å². The zero-order chi connectivity index (χ0) is 16.4. The van der Waals surface area contributed by atoms with Gasteiger partial charge in [0.25, 0.3) is 0 Å². The van der Waals surface area contributed by atoms with Crippen molar-refractivity contribution in [2.45, 2.75) is 44.3 Å². The number of hydrogen-bond acceptors (Lipinski definition) is 3. The van der Waals surface area contributed by atoms with E-state index in [4.69, 9.17) is 0 Å². The zero-order valence-corrected chi connectivity index (χ0v) is 12.8. The van der Waals surface area contributed by atoms with Crippen LogP contribution in [0.15, 0.2) is 18.3 Å². The molecule has 2 heterocycles. The SMILES string of the molecule is O=C(C1CCCC1)N1CCC(Nc2cc(C(F)(F)F)ccn2)C1. The van der Waals surface area contributed by atoms with E-state index in [-0.39, 0.29) is 23.7 Å². The standard InChI is InChI=1S/C16H20F3N3O/c17-16(18,19)12-5-7-20-14(9-12)21-13-6-8-22(10-13)15(23)11-3-1-2-4-11/h5,7,9,11,13H,1-4,6,8,10H2,(H,20,21). The van der Waals surface area contributed by atoms with Gasteiger partial charge in [0.2, 0.25) is 5.91 Å². The van der Waals surface area contributed by atoms with Crippen molar-refractivity contribution in [1.82, 2.24) is 9.88 Å². The van der Waals surface area contributed by atoms with Crippen LogP contribution in [0.5, 0.6) is 0 Å². The summed E-state index contributed by atoms with van der Waals surface area (Å²) in [4.78, 5) is 18.1. The summed E-state index contributed by atoms with van der Waals surface area (Å²) in [5, 5.41) is 3.02. The van der Waals surface area contributed by atoms with Gasteiger partial charge in [0, 0.05) is 31.2 Å². The highest BCUT2D eigenvalue weighted by molar-refractivity contribution is 5.79. The van der Waals surface area contributed by atoms with Crippen molar-refractivity contribution in [2.75, 3.05) is 18.4 Å². The van der Waals surface area contributed by atoms with Gasteiger partial charge in [-0.2, -0.15) is 13.2 Å². The maximum atomic E-state index is 12.7. The smallest absolute Gasteiger partial charge is 0.365 e. The normalized spacial score (nSPS) is 22.6. The molecule has 1 amide bonds. The molecule has 23 heavy (non-hydrogen) atoms. The number of aromatic nitrogens is 1. The number of nitrogens with zero attached hydrogens (tertiary/aromatic N) is 2. The average Bonchev–Trinajstić information content (AvgIpc) is 3.17. The van der Waals surface area contributed by atoms with Crippen molar-refractivity contribution in [3.8, 4) is 0 Å². The molecule has 7 heteroatoms. The Bertz CT molecular complexity index is 570. The van der Waals surface area contributed by atoms with Crippen LogP contribution in [0, 0.1) is 5.92 Å². The first-order chi connectivity index (χ1) is 10.9. The number of pyridine rings is 1. The summed E-state index contributed by atoms with van der Waals surface area (Å²) in [7, 11) is 0. The van der Waals surface area contributed by atoms with Crippen LogP contribution < -0.4 is 5.32 Å². The first kappa shape index (κ1) is 16.1. The largest absolute Gasteiger partial charge is 0.416 e. The van der Waals surface area contributed by atoms with Crippen LogP contribution in [-0.2, 0) is 11.0 Å². The Balaban J connectivity index is 1.58. The Labute approximate surface area is 133 Å². The monoisotopic (exact) mass is 327 g/mol. The van der Waals surface area contributed by atoms with Gasteiger partial charge in [0.1, 0.15) is 5.82 Å². The lowest BCUT2D eigenvalue weighted by Gasteiger charge is -2.21. The summed E-state index contributed by atoms with van der Waals surface area (Å²) in [6, 6.07) is 1.92. The summed E-state index contributed by atoms with van der Waals surface area (Å²) < 4.78 is 38.1. The number of carbonyl (C=O) groups is 1. The molecule has 0 aromatic carbocycles. The van der Waals surface area contributed by atoms with Gasteiger partial charge in [-0.15, -0.1) is 0 Å². The summed E-state index contributed by atoms with van der Waals surface area (Å²) in [6.07, 6.45) is 1.66. The third kappa shape index (κ3) is 3.76. The second-order valence-corrected chi connectivity index (χ2v) is 6.32. The van der Waals surface area contributed by atoms with Crippen LogP contribution in [-0.4, -0.2) is 34.9 Å². The molecule has 1 aliphatic heterocycles. The van der Waals surface area contributed by atoms with Gasteiger partial charge in [-0.25, -0.2) is 4.98 Å². The van der Waals surface area contributed by atoms with Crippen LogP contribution in [0.25, 0.3) is 0 Å². The molecule has 1 saturated carbocycles. The fourth-order valence-corrected chi connectivity index (χ4v) is 3.40. The number of alkyl halides is 3. The lowest BCUT2D eigenvalue weighted by Crippen LogP contribution is -2.35. The van der Waals surface area contributed by atoms with Crippen molar-refractivity contribution in [3.63, 3.8) is 0 Å². The number of hydrogen-bond donors (Lipinski definition) is 1. The maximum Gasteiger partial charge on any atom is 0.416 e. The molecule has 2 fully saturated rings. The summed E-state index contributed by atoms with van der Waals surface area (Å²) in [5.74, 6) is 0.546. The van der Waals surface area contributed by atoms with Crippen LogP contribution in [0.4, 0.5) is 19.0 Å². The Hall–Kier alpha value is -1.79.